The van der Waals surface area contributed by atoms with Crippen molar-refractivity contribution < 1.29 is 13.2 Å². The van der Waals surface area contributed by atoms with E-state index in [0.717, 1.165) is 0 Å². The molecule has 0 atom stereocenters. The summed E-state index contributed by atoms with van der Waals surface area (Å²) in [5, 5.41) is 7.89. The monoisotopic (exact) mass is 300 g/mol. The van der Waals surface area contributed by atoms with Crippen LogP contribution < -0.4 is 21.1 Å². The molecule has 0 unspecified atom stereocenters. The average Bonchev–Trinajstić information content (AvgIpc) is 2.25. The SMILES string of the molecule is CC(C)NC(=O)CN(C)c1ccc(N)cc1S(N)(=O)=O. The Hall–Kier alpha value is -1.80. The predicted molar refractivity (Wildman–Crippen MR) is 78.8 cm³/mol. The molecular formula is C12H20N4O3S. The molecule has 0 saturated heterocycles. The summed E-state index contributed by atoms with van der Waals surface area (Å²) in [6.45, 7) is 3.71. The van der Waals surface area contributed by atoms with Gasteiger partial charge in [-0.15, -0.1) is 0 Å². The van der Waals surface area contributed by atoms with Crippen molar-refractivity contribution in [3.63, 3.8) is 0 Å². The maximum absolute atomic E-state index is 11.7. The highest BCUT2D eigenvalue weighted by Gasteiger charge is 2.18. The van der Waals surface area contributed by atoms with E-state index >= 15 is 0 Å². The lowest BCUT2D eigenvalue weighted by atomic mass is 10.2. The second kappa shape index (κ2) is 6.10. The van der Waals surface area contributed by atoms with Gasteiger partial charge in [0, 0.05) is 18.8 Å². The number of hydrogen-bond acceptors (Lipinski definition) is 5. The Kier molecular flexibility index (Phi) is 4.96. The predicted octanol–water partition coefficient (Wildman–Crippen LogP) is -0.123. The number of nitrogens with zero attached hydrogens (tertiary/aromatic N) is 1. The molecule has 1 aromatic carbocycles. The molecule has 0 saturated carbocycles. The molecule has 0 spiro atoms. The van der Waals surface area contributed by atoms with Crippen molar-refractivity contribution in [1.82, 2.24) is 5.32 Å². The molecule has 0 aliphatic carbocycles. The summed E-state index contributed by atoms with van der Waals surface area (Å²) in [5.74, 6) is -0.209. The lowest BCUT2D eigenvalue weighted by Gasteiger charge is -2.22. The van der Waals surface area contributed by atoms with Crippen LogP contribution in [0.4, 0.5) is 11.4 Å². The number of anilines is 2. The number of benzene rings is 1. The third-order valence-corrected chi connectivity index (χ3v) is 3.47. The van der Waals surface area contributed by atoms with Gasteiger partial charge in [-0.3, -0.25) is 4.79 Å². The van der Waals surface area contributed by atoms with Crippen molar-refractivity contribution >= 4 is 27.3 Å². The fourth-order valence-corrected chi connectivity index (χ4v) is 2.56. The van der Waals surface area contributed by atoms with Gasteiger partial charge in [-0.25, -0.2) is 13.6 Å². The molecule has 7 nitrogen and oxygen atoms in total. The van der Waals surface area contributed by atoms with E-state index in [4.69, 9.17) is 10.9 Å². The highest BCUT2D eigenvalue weighted by atomic mass is 32.2. The van der Waals surface area contributed by atoms with Crippen molar-refractivity contribution in [3.05, 3.63) is 18.2 Å². The second-order valence-corrected chi connectivity index (χ2v) is 6.38. The minimum Gasteiger partial charge on any atom is -0.399 e. The van der Waals surface area contributed by atoms with Crippen LogP contribution in [0, 0.1) is 0 Å². The first-order valence-corrected chi connectivity index (χ1v) is 7.58. The summed E-state index contributed by atoms with van der Waals surface area (Å²) in [6.07, 6.45) is 0. The molecule has 20 heavy (non-hydrogen) atoms. The van der Waals surface area contributed by atoms with Gasteiger partial charge in [0.1, 0.15) is 4.90 Å². The van der Waals surface area contributed by atoms with Crippen LogP contribution in [0.1, 0.15) is 13.8 Å². The van der Waals surface area contributed by atoms with Gasteiger partial charge >= 0.3 is 0 Å². The zero-order chi connectivity index (χ0) is 15.5. The average molecular weight is 300 g/mol. The third kappa shape index (κ3) is 4.39. The highest BCUT2D eigenvalue weighted by molar-refractivity contribution is 7.89. The van der Waals surface area contributed by atoms with Crippen LogP contribution in [0.3, 0.4) is 0 Å². The Bertz CT molecular complexity index is 599. The summed E-state index contributed by atoms with van der Waals surface area (Å²) in [4.78, 5) is 13.1. The van der Waals surface area contributed by atoms with Crippen LogP contribution in [0.5, 0.6) is 0 Å². The first-order valence-electron chi connectivity index (χ1n) is 6.04. The summed E-state index contributed by atoms with van der Waals surface area (Å²) in [5.41, 5.74) is 6.20. The van der Waals surface area contributed by atoms with E-state index in [1.54, 1.807) is 13.1 Å². The third-order valence-electron chi connectivity index (χ3n) is 2.53. The van der Waals surface area contributed by atoms with Crippen LogP contribution in [0.25, 0.3) is 0 Å². The maximum Gasteiger partial charge on any atom is 0.240 e. The topological polar surface area (TPSA) is 119 Å². The molecule has 8 heteroatoms. The minimum atomic E-state index is -3.91. The fourth-order valence-electron chi connectivity index (χ4n) is 1.74. The molecule has 0 aromatic heterocycles. The van der Waals surface area contributed by atoms with E-state index in [1.807, 2.05) is 13.8 Å². The minimum absolute atomic E-state index is 0.0139. The maximum atomic E-state index is 11.7. The van der Waals surface area contributed by atoms with Crippen molar-refractivity contribution in [1.29, 1.82) is 0 Å². The number of carbonyl (C=O) groups excluding carboxylic acids is 1. The summed E-state index contributed by atoms with van der Waals surface area (Å²) in [7, 11) is -2.30. The molecule has 1 amide bonds. The zero-order valence-electron chi connectivity index (χ0n) is 11.8. The number of carbonyl (C=O) groups is 1. The number of nitrogens with two attached hydrogens (primary N) is 2. The summed E-state index contributed by atoms with van der Waals surface area (Å²) < 4.78 is 23.1. The van der Waals surface area contributed by atoms with E-state index in [0.29, 0.717) is 5.69 Å². The van der Waals surface area contributed by atoms with Gasteiger partial charge in [0.05, 0.1) is 12.2 Å². The number of likely N-dealkylation sites (N-methyl/N-ethyl adjacent to an activating group) is 1. The normalized spacial score (nSPS) is 11.4. The number of amides is 1. The van der Waals surface area contributed by atoms with Gasteiger partial charge in [0.15, 0.2) is 0 Å². The Balaban J connectivity index is 3.05. The molecule has 0 aliphatic heterocycles. The van der Waals surface area contributed by atoms with Gasteiger partial charge in [-0.2, -0.15) is 0 Å². The number of hydrogen-bond donors (Lipinski definition) is 3. The number of rotatable bonds is 5. The molecule has 0 radical (unpaired) electrons. The molecule has 5 N–H and O–H groups in total. The standard InChI is InChI=1S/C12H20N4O3S/c1-8(2)15-12(17)7-16(3)10-5-4-9(13)6-11(10)20(14,18)19/h4-6,8H,7,13H2,1-3H3,(H,15,17)(H2,14,18,19). The number of primary sulfonamides is 1. The van der Waals surface area contributed by atoms with E-state index in [9.17, 15) is 13.2 Å². The van der Waals surface area contributed by atoms with Crippen LogP contribution in [-0.2, 0) is 14.8 Å². The highest BCUT2D eigenvalue weighted by Crippen LogP contribution is 2.25. The van der Waals surface area contributed by atoms with Gasteiger partial charge in [-0.05, 0) is 32.0 Å². The quantitative estimate of drug-likeness (QED) is 0.655. The Morgan fingerprint density at radius 1 is 1.40 bits per heavy atom. The molecule has 0 aliphatic rings. The molecule has 1 aromatic rings. The Labute approximate surface area is 119 Å². The lowest BCUT2D eigenvalue weighted by molar-refractivity contribution is -0.120. The van der Waals surface area contributed by atoms with Crippen LogP contribution in [-0.4, -0.2) is 34.0 Å². The largest absolute Gasteiger partial charge is 0.399 e. The smallest absolute Gasteiger partial charge is 0.240 e. The van der Waals surface area contributed by atoms with Gasteiger partial charge in [0.2, 0.25) is 15.9 Å². The van der Waals surface area contributed by atoms with Crippen LogP contribution in [0.2, 0.25) is 0 Å². The number of nitrogens with one attached hydrogen (secondary N) is 1. The van der Waals surface area contributed by atoms with E-state index in [2.05, 4.69) is 5.32 Å². The van der Waals surface area contributed by atoms with Crippen LogP contribution in [0.15, 0.2) is 23.1 Å². The molecule has 0 heterocycles. The van der Waals surface area contributed by atoms with E-state index in [1.165, 1.54) is 17.0 Å². The zero-order valence-corrected chi connectivity index (χ0v) is 12.6. The first-order chi connectivity index (χ1) is 9.11. The summed E-state index contributed by atoms with van der Waals surface area (Å²) in [6, 6.07) is 4.38. The van der Waals surface area contributed by atoms with Gasteiger partial charge in [-0.1, -0.05) is 0 Å². The van der Waals surface area contributed by atoms with E-state index in [-0.39, 0.29) is 29.1 Å². The van der Waals surface area contributed by atoms with Crippen molar-refractivity contribution in [2.45, 2.75) is 24.8 Å². The lowest BCUT2D eigenvalue weighted by Crippen LogP contribution is -2.39. The molecule has 112 valence electrons. The second-order valence-electron chi connectivity index (χ2n) is 4.85. The summed E-state index contributed by atoms with van der Waals surface area (Å²) >= 11 is 0. The fraction of sp³-hybridized carbons (Fsp3) is 0.417. The molecule has 0 bridgehead atoms. The van der Waals surface area contributed by atoms with Crippen LogP contribution >= 0.6 is 0 Å². The first kappa shape index (κ1) is 16.3. The molecule has 0 fully saturated rings. The van der Waals surface area contributed by atoms with Gasteiger partial charge in [0.25, 0.3) is 0 Å². The molecule has 1 rings (SSSR count). The van der Waals surface area contributed by atoms with E-state index < -0.39 is 10.0 Å². The number of nitrogen functional groups attached to an aromatic ring is 1. The van der Waals surface area contributed by atoms with Crippen molar-refractivity contribution in [3.8, 4) is 0 Å². The Morgan fingerprint density at radius 2 is 2.00 bits per heavy atom. The Morgan fingerprint density at radius 3 is 2.50 bits per heavy atom. The number of sulfonamides is 1. The van der Waals surface area contributed by atoms with Gasteiger partial charge < -0.3 is 16.0 Å². The van der Waals surface area contributed by atoms with Crippen molar-refractivity contribution in [2.24, 2.45) is 5.14 Å². The molecular weight excluding hydrogens is 280 g/mol. The van der Waals surface area contributed by atoms with Crippen molar-refractivity contribution in [2.75, 3.05) is 24.2 Å².